The molecule has 0 amide bonds. The van der Waals surface area contributed by atoms with Gasteiger partial charge in [-0.2, -0.15) is 45.0 Å². The molecule has 290 valence electrons. The van der Waals surface area contributed by atoms with Gasteiger partial charge in [0.15, 0.2) is 5.75 Å². The van der Waals surface area contributed by atoms with E-state index in [-0.39, 0.29) is 41.8 Å². The van der Waals surface area contributed by atoms with E-state index in [0.717, 1.165) is 44.6 Å². The molecule has 1 heterocycles. The summed E-state index contributed by atoms with van der Waals surface area (Å²) in [5.41, 5.74) is -3.10. The molecule has 4 aromatic rings. The highest BCUT2D eigenvalue weighted by molar-refractivity contribution is 7.87. The van der Waals surface area contributed by atoms with Crippen LogP contribution in [0, 0.1) is 5.92 Å². The highest BCUT2D eigenvalue weighted by Gasteiger charge is 2.34. The number of phenols is 1. The predicted molar refractivity (Wildman–Crippen MR) is 184 cm³/mol. The first-order chi connectivity index (χ1) is 23.9. The van der Waals surface area contributed by atoms with Gasteiger partial charge in [-0.15, -0.1) is 10.2 Å². The molecule has 0 aliphatic rings. The van der Waals surface area contributed by atoms with Gasteiger partial charge in [0, 0.05) is 5.39 Å². The number of aromatic nitrogens is 3. The van der Waals surface area contributed by atoms with E-state index in [0.29, 0.717) is 12.5 Å². The van der Waals surface area contributed by atoms with Crippen LogP contribution in [0.5, 0.6) is 11.8 Å². The summed E-state index contributed by atoms with van der Waals surface area (Å²) < 4.78 is 107. The zero-order chi connectivity index (χ0) is 37.9. The van der Waals surface area contributed by atoms with E-state index in [2.05, 4.69) is 44.2 Å². The maximum Gasteiger partial charge on any atom is 0.418 e. The minimum atomic E-state index is -4.89. The standard InChI is InChI=1S/C29H30F3N7O10S2.2H3N/c1-6-14(2)22(25(41)42)34-27-35-26(36-28(37-27)47-3)33-18-11-12-19(50(43,44)48-4)15-13-20(51(45,46)49-5)23(24(40)21(15)18)39-38-17-10-8-7-9-16(17)29(30,31)32;;/h7-14,22,40H,6H2,1-5H3,(H,41,42)(H2,33,34,35,36,37);2*1H3. The third-order valence-electron chi connectivity index (χ3n) is 7.43. The molecule has 0 fully saturated rings. The molecule has 53 heavy (non-hydrogen) atoms. The molecule has 2 atom stereocenters. The van der Waals surface area contributed by atoms with Crippen molar-refractivity contribution in [2.45, 2.75) is 42.3 Å². The van der Waals surface area contributed by atoms with Crippen LogP contribution in [-0.4, -0.2) is 75.3 Å². The summed E-state index contributed by atoms with van der Waals surface area (Å²) in [4.78, 5) is 22.6. The lowest BCUT2D eigenvalue weighted by Gasteiger charge is -2.20. The topological polar surface area (TPSA) is 311 Å². The van der Waals surface area contributed by atoms with Gasteiger partial charge >= 0.3 is 18.2 Å². The number of alkyl halides is 3. The molecular formula is C29H36F3N9O10S2. The Bertz CT molecular complexity index is 2230. The summed E-state index contributed by atoms with van der Waals surface area (Å²) in [7, 11) is -6.70. The highest BCUT2D eigenvalue weighted by Crippen LogP contribution is 2.47. The number of ether oxygens (including phenoxy) is 1. The van der Waals surface area contributed by atoms with Crippen molar-refractivity contribution in [1.29, 1.82) is 0 Å². The third-order valence-corrected chi connectivity index (χ3v) is 10.0. The van der Waals surface area contributed by atoms with Crippen LogP contribution in [0.4, 0.5) is 42.1 Å². The number of carboxylic acids is 1. The molecule has 0 saturated carbocycles. The molecule has 24 heteroatoms. The van der Waals surface area contributed by atoms with Crippen molar-refractivity contribution in [3.05, 3.63) is 48.0 Å². The van der Waals surface area contributed by atoms with Gasteiger partial charge in [0.05, 0.1) is 43.7 Å². The molecule has 0 aliphatic carbocycles. The van der Waals surface area contributed by atoms with Crippen LogP contribution in [0.1, 0.15) is 25.8 Å². The number of azo groups is 1. The van der Waals surface area contributed by atoms with Gasteiger partial charge in [0.2, 0.25) is 11.9 Å². The highest BCUT2D eigenvalue weighted by atomic mass is 32.2. The number of aliphatic carboxylic acids is 1. The van der Waals surface area contributed by atoms with E-state index in [1.54, 1.807) is 13.8 Å². The molecule has 0 saturated heterocycles. The number of phenolic OH excluding ortho intramolecular Hbond substituents is 1. The fourth-order valence-corrected chi connectivity index (χ4v) is 6.30. The van der Waals surface area contributed by atoms with E-state index < -0.39 is 81.7 Å². The van der Waals surface area contributed by atoms with Crippen molar-refractivity contribution in [3.63, 3.8) is 0 Å². The van der Waals surface area contributed by atoms with E-state index in [9.17, 15) is 45.0 Å². The van der Waals surface area contributed by atoms with Gasteiger partial charge in [-0.25, -0.2) is 4.79 Å². The Morgan fingerprint density at radius 2 is 1.53 bits per heavy atom. The van der Waals surface area contributed by atoms with Gasteiger partial charge in [-0.05, 0) is 36.2 Å². The fourth-order valence-electron chi connectivity index (χ4n) is 4.64. The fraction of sp³-hybridized carbons (Fsp3) is 0.310. The van der Waals surface area contributed by atoms with Crippen LogP contribution in [0.25, 0.3) is 10.8 Å². The average molecular weight is 792 g/mol. The minimum absolute atomic E-state index is 0. The number of hydrogen-bond acceptors (Lipinski definition) is 18. The quantitative estimate of drug-likeness (QED) is 0.0647. The van der Waals surface area contributed by atoms with E-state index in [4.69, 9.17) is 4.74 Å². The second kappa shape index (κ2) is 17.0. The Labute approximate surface area is 301 Å². The van der Waals surface area contributed by atoms with Crippen molar-refractivity contribution >= 4 is 65.9 Å². The van der Waals surface area contributed by atoms with Gasteiger partial charge < -0.3 is 37.9 Å². The lowest BCUT2D eigenvalue weighted by atomic mass is 10.00. The number of rotatable bonds is 14. The van der Waals surface area contributed by atoms with Crippen LogP contribution in [0.15, 0.2) is 62.5 Å². The van der Waals surface area contributed by atoms with Crippen LogP contribution >= 0.6 is 0 Å². The molecule has 1 aromatic heterocycles. The second-order valence-electron chi connectivity index (χ2n) is 10.5. The van der Waals surface area contributed by atoms with Crippen molar-refractivity contribution in [1.82, 2.24) is 27.3 Å². The number of aromatic hydroxyl groups is 1. The summed E-state index contributed by atoms with van der Waals surface area (Å²) in [5.74, 6) is -3.25. The molecule has 3 aromatic carbocycles. The first-order valence-electron chi connectivity index (χ1n) is 14.5. The number of nitrogens with zero attached hydrogens (tertiary/aromatic N) is 5. The Morgan fingerprint density at radius 3 is 2.09 bits per heavy atom. The summed E-state index contributed by atoms with van der Waals surface area (Å²) in [6.45, 7) is 3.46. The summed E-state index contributed by atoms with van der Waals surface area (Å²) in [6.07, 6.45) is -4.41. The third kappa shape index (κ3) is 9.40. The summed E-state index contributed by atoms with van der Waals surface area (Å²) in [5, 5.41) is 33.1. The normalized spacial score (nSPS) is 13.1. The van der Waals surface area contributed by atoms with Gasteiger partial charge in [-0.1, -0.05) is 32.4 Å². The van der Waals surface area contributed by atoms with Crippen molar-refractivity contribution in [2.75, 3.05) is 32.0 Å². The van der Waals surface area contributed by atoms with Crippen molar-refractivity contribution in [3.8, 4) is 11.8 Å². The van der Waals surface area contributed by atoms with Gasteiger partial charge in [0.1, 0.15) is 21.5 Å². The number of methoxy groups -OCH3 is 1. The number of anilines is 3. The molecule has 2 unspecified atom stereocenters. The van der Waals surface area contributed by atoms with Crippen LogP contribution in [0.3, 0.4) is 0 Å². The van der Waals surface area contributed by atoms with Crippen LogP contribution in [-0.2, 0) is 39.6 Å². The Kier molecular flexibility index (Phi) is 14.1. The molecule has 0 spiro atoms. The molecule has 10 N–H and O–H groups in total. The monoisotopic (exact) mass is 791 g/mol. The van der Waals surface area contributed by atoms with Crippen molar-refractivity contribution < 1.29 is 58.1 Å². The number of halogens is 3. The molecule has 19 nitrogen and oxygen atoms in total. The maximum absolute atomic E-state index is 13.7. The second-order valence-corrected chi connectivity index (χ2v) is 13.9. The SMILES string of the molecule is CCC(C)C(Nc1nc(Nc2ccc(S(=O)(=O)OC)c3cc(S(=O)(=O)OC)c(N=Nc4ccccc4C(F)(F)F)c(O)c23)nc(OC)n1)C(=O)O.N.N. The van der Waals surface area contributed by atoms with Crippen molar-refractivity contribution in [2.24, 2.45) is 16.1 Å². The van der Waals surface area contributed by atoms with Crippen LogP contribution in [0.2, 0.25) is 0 Å². The maximum atomic E-state index is 13.7. The molecule has 4 rings (SSSR count). The van der Waals surface area contributed by atoms with Crippen LogP contribution < -0.4 is 27.7 Å². The van der Waals surface area contributed by atoms with Gasteiger partial charge in [-0.3, -0.25) is 8.37 Å². The van der Waals surface area contributed by atoms with E-state index in [1.165, 1.54) is 13.2 Å². The number of nitrogens with one attached hydrogen (secondary N) is 2. The number of carboxylic acid groups (broad SMARTS) is 1. The summed E-state index contributed by atoms with van der Waals surface area (Å²) >= 11 is 0. The number of carbonyl (C=O) groups is 1. The number of fused-ring (bicyclic) bond motifs is 1. The number of benzene rings is 3. The lowest BCUT2D eigenvalue weighted by Crippen LogP contribution is -2.36. The average Bonchev–Trinajstić information content (AvgIpc) is 3.08. The molecular weight excluding hydrogens is 756 g/mol. The smallest absolute Gasteiger partial charge is 0.418 e. The van der Waals surface area contributed by atoms with E-state index in [1.807, 2.05) is 0 Å². The molecule has 0 bridgehead atoms. The predicted octanol–water partition coefficient (Wildman–Crippen LogP) is 5.82. The first kappa shape index (κ1) is 43.9. The van der Waals surface area contributed by atoms with Gasteiger partial charge in [0.25, 0.3) is 20.2 Å². The Hall–Kier alpha value is -5.27. The van der Waals surface area contributed by atoms with E-state index >= 15 is 0 Å². The zero-order valence-corrected chi connectivity index (χ0v) is 30.3. The number of hydrogen-bond donors (Lipinski definition) is 6. The lowest BCUT2D eigenvalue weighted by molar-refractivity contribution is -0.139. The largest absolute Gasteiger partial charge is 0.505 e. The first-order valence-corrected chi connectivity index (χ1v) is 17.3. The Balaban J connectivity index is 0.00000486. The summed E-state index contributed by atoms with van der Waals surface area (Å²) in [6, 6.07) is 5.37. The molecule has 0 radical (unpaired) electrons. The minimum Gasteiger partial charge on any atom is -0.505 e. The zero-order valence-electron chi connectivity index (χ0n) is 28.7. The Morgan fingerprint density at radius 1 is 0.925 bits per heavy atom. The molecule has 0 aliphatic heterocycles.